The molecule has 0 saturated carbocycles. The molecular weight excluding hydrogens is 255 g/mol. The minimum Gasteiger partial charge on any atom is -0.456 e. The molecule has 3 heteroatoms. The number of fused-ring (bicyclic) bond motifs is 1. The van der Waals surface area contributed by atoms with Crippen molar-refractivity contribution in [2.45, 2.75) is 24.6 Å². The van der Waals surface area contributed by atoms with Crippen molar-refractivity contribution in [2.24, 2.45) is 0 Å². The van der Waals surface area contributed by atoms with Crippen molar-refractivity contribution < 1.29 is 4.42 Å². The normalized spacial score (nSPS) is 20.6. The quantitative estimate of drug-likeness (QED) is 0.642. The molecule has 0 fully saturated rings. The van der Waals surface area contributed by atoms with Crippen molar-refractivity contribution in [1.82, 2.24) is 0 Å². The Morgan fingerprint density at radius 2 is 2.12 bits per heavy atom. The van der Waals surface area contributed by atoms with Crippen LogP contribution in [0, 0.1) is 0 Å². The molecule has 1 atom stereocenters. The summed E-state index contributed by atoms with van der Waals surface area (Å²) in [6.07, 6.45) is 5.32. The molecule has 88 valence electrons. The standard InChI is InChI=1S/C14H12Cl2O/c15-11-3-1-2-9(6-11)14-8-10-7-12(16)4-5-13(10)17-14/h4-8,11H,1-3H2. The smallest absolute Gasteiger partial charge is 0.134 e. The third-order valence-corrected chi connectivity index (χ3v) is 3.68. The second-order valence-corrected chi connectivity index (χ2v) is 5.39. The van der Waals surface area contributed by atoms with Gasteiger partial charge in [-0.15, -0.1) is 11.6 Å². The van der Waals surface area contributed by atoms with E-state index in [2.05, 4.69) is 6.08 Å². The Bertz CT molecular complexity index is 583. The fraction of sp³-hybridized carbons (Fsp3) is 0.286. The van der Waals surface area contributed by atoms with E-state index in [1.807, 2.05) is 24.3 Å². The van der Waals surface area contributed by atoms with Crippen molar-refractivity contribution >= 4 is 39.7 Å². The molecule has 0 spiro atoms. The number of hydrogen-bond acceptors (Lipinski definition) is 1. The lowest BCUT2D eigenvalue weighted by Crippen LogP contribution is -2.01. The summed E-state index contributed by atoms with van der Waals surface area (Å²) >= 11 is 12.1. The summed E-state index contributed by atoms with van der Waals surface area (Å²) in [4.78, 5) is 0. The van der Waals surface area contributed by atoms with Crippen molar-refractivity contribution in [2.75, 3.05) is 0 Å². The Hall–Kier alpha value is -0.920. The molecular formula is C14H12Cl2O. The minimum absolute atomic E-state index is 0.135. The highest BCUT2D eigenvalue weighted by Gasteiger charge is 2.15. The second kappa shape index (κ2) is 4.40. The lowest BCUT2D eigenvalue weighted by Gasteiger charge is -2.14. The van der Waals surface area contributed by atoms with Crippen LogP contribution in [0.1, 0.15) is 25.0 Å². The largest absolute Gasteiger partial charge is 0.456 e. The Kier molecular flexibility index (Phi) is 2.89. The van der Waals surface area contributed by atoms with Gasteiger partial charge < -0.3 is 4.42 Å². The van der Waals surface area contributed by atoms with E-state index in [4.69, 9.17) is 27.6 Å². The van der Waals surface area contributed by atoms with E-state index >= 15 is 0 Å². The molecule has 0 saturated heterocycles. The molecule has 1 aliphatic carbocycles. The van der Waals surface area contributed by atoms with E-state index in [0.717, 1.165) is 41.0 Å². The van der Waals surface area contributed by atoms with Gasteiger partial charge in [0.05, 0.1) is 5.38 Å². The molecule has 3 rings (SSSR count). The first-order chi connectivity index (χ1) is 8.22. The van der Waals surface area contributed by atoms with E-state index in [1.165, 1.54) is 5.57 Å². The zero-order valence-corrected chi connectivity index (χ0v) is 10.8. The van der Waals surface area contributed by atoms with Crippen LogP contribution in [0.4, 0.5) is 0 Å². The van der Waals surface area contributed by atoms with E-state index in [1.54, 1.807) is 0 Å². The Morgan fingerprint density at radius 3 is 2.94 bits per heavy atom. The van der Waals surface area contributed by atoms with Gasteiger partial charge in [0.2, 0.25) is 0 Å². The van der Waals surface area contributed by atoms with Gasteiger partial charge in [-0.1, -0.05) is 17.7 Å². The third kappa shape index (κ3) is 2.22. The number of benzene rings is 1. The first-order valence-electron chi connectivity index (χ1n) is 5.76. The lowest BCUT2D eigenvalue weighted by atomic mass is 9.97. The highest BCUT2D eigenvalue weighted by Crippen LogP contribution is 2.33. The van der Waals surface area contributed by atoms with Gasteiger partial charge in [-0.05, 0) is 49.1 Å². The predicted molar refractivity (Wildman–Crippen MR) is 72.7 cm³/mol. The van der Waals surface area contributed by atoms with Crippen molar-refractivity contribution in [3.8, 4) is 0 Å². The summed E-state index contributed by atoms with van der Waals surface area (Å²) < 4.78 is 5.83. The SMILES string of the molecule is Clc1ccc2oc(C3=CC(Cl)CCC3)cc2c1. The lowest BCUT2D eigenvalue weighted by molar-refractivity contribution is 0.589. The summed E-state index contributed by atoms with van der Waals surface area (Å²) in [6.45, 7) is 0. The topological polar surface area (TPSA) is 13.1 Å². The highest BCUT2D eigenvalue weighted by molar-refractivity contribution is 6.31. The molecule has 1 nitrogen and oxygen atoms in total. The van der Waals surface area contributed by atoms with Gasteiger partial charge in [-0.3, -0.25) is 0 Å². The first kappa shape index (κ1) is 11.2. The van der Waals surface area contributed by atoms with Crippen molar-refractivity contribution in [3.05, 3.63) is 41.1 Å². The maximum Gasteiger partial charge on any atom is 0.134 e. The van der Waals surface area contributed by atoms with Crippen LogP contribution in [0.2, 0.25) is 5.02 Å². The molecule has 0 N–H and O–H groups in total. The number of allylic oxidation sites excluding steroid dienone is 2. The van der Waals surface area contributed by atoms with Crippen LogP contribution in [0.25, 0.3) is 16.5 Å². The number of hydrogen-bond donors (Lipinski definition) is 0. The van der Waals surface area contributed by atoms with E-state index in [9.17, 15) is 0 Å². The summed E-state index contributed by atoms with van der Waals surface area (Å²) in [6, 6.07) is 7.72. The van der Waals surface area contributed by atoms with E-state index < -0.39 is 0 Å². The molecule has 17 heavy (non-hydrogen) atoms. The van der Waals surface area contributed by atoms with Crippen LogP contribution >= 0.6 is 23.2 Å². The van der Waals surface area contributed by atoms with Crippen LogP contribution in [0.5, 0.6) is 0 Å². The molecule has 2 aromatic rings. The fourth-order valence-electron chi connectivity index (χ4n) is 2.25. The van der Waals surface area contributed by atoms with Crippen molar-refractivity contribution in [3.63, 3.8) is 0 Å². The minimum atomic E-state index is 0.135. The number of alkyl halides is 1. The zero-order valence-electron chi connectivity index (χ0n) is 9.25. The fourth-order valence-corrected chi connectivity index (χ4v) is 2.74. The van der Waals surface area contributed by atoms with Gasteiger partial charge in [0.15, 0.2) is 0 Å². The summed E-state index contributed by atoms with van der Waals surface area (Å²) in [5.41, 5.74) is 2.09. The molecule has 1 aromatic carbocycles. The Labute approximate surface area is 110 Å². The van der Waals surface area contributed by atoms with Gasteiger partial charge in [0.25, 0.3) is 0 Å². The third-order valence-electron chi connectivity index (χ3n) is 3.10. The second-order valence-electron chi connectivity index (χ2n) is 4.39. The van der Waals surface area contributed by atoms with Crippen LogP contribution in [0.3, 0.4) is 0 Å². The number of rotatable bonds is 1. The molecule has 1 unspecified atom stereocenters. The first-order valence-corrected chi connectivity index (χ1v) is 6.58. The molecule has 1 heterocycles. The molecule has 0 aliphatic heterocycles. The summed E-state index contributed by atoms with van der Waals surface area (Å²) in [5.74, 6) is 0.924. The average Bonchev–Trinajstić information content (AvgIpc) is 2.72. The van der Waals surface area contributed by atoms with Crippen LogP contribution in [-0.4, -0.2) is 5.38 Å². The zero-order chi connectivity index (χ0) is 11.8. The van der Waals surface area contributed by atoms with Gasteiger partial charge in [-0.2, -0.15) is 0 Å². The monoisotopic (exact) mass is 266 g/mol. The van der Waals surface area contributed by atoms with Crippen molar-refractivity contribution in [1.29, 1.82) is 0 Å². The maximum absolute atomic E-state index is 6.15. The van der Waals surface area contributed by atoms with Gasteiger partial charge in [0.1, 0.15) is 11.3 Å². The Morgan fingerprint density at radius 1 is 1.24 bits per heavy atom. The highest BCUT2D eigenvalue weighted by atomic mass is 35.5. The van der Waals surface area contributed by atoms with E-state index in [-0.39, 0.29) is 5.38 Å². The summed E-state index contributed by atoms with van der Waals surface area (Å²) in [7, 11) is 0. The van der Waals surface area contributed by atoms with E-state index in [0.29, 0.717) is 0 Å². The molecule has 1 aromatic heterocycles. The van der Waals surface area contributed by atoms with Crippen LogP contribution in [0.15, 0.2) is 34.8 Å². The Balaban J connectivity index is 2.06. The maximum atomic E-state index is 6.15. The molecule has 0 amide bonds. The molecule has 0 bridgehead atoms. The van der Waals surface area contributed by atoms with Crippen LogP contribution in [-0.2, 0) is 0 Å². The van der Waals surface area contributed by atoms with Crippen LogP contribution < -0.4 is 0 Å². The van der Waals surface area contributed by atoms with Gasteiger partial charge >= 0.3 is 0 Å². The number of furan rings is 1. The average molecular weight is 267 g/mol. The van der Waals surface area contributed by atoms with Gasteiger partial charge in [0, 0.05) is 10.4 Å². The molecule has 0 radical (unpaired) electrons. The molecule has 1 aliphatic rings. The number of halogens is 2. The van der Waals surface area contributed by atoms with Gasteiger partial charge in [-0.25, -0.2) is 0 Å². The predicted octanol–water partition coefficient (Wildman–Crippen LogP) is 5.26. The summed E-state index contributed by atoms with van der Waals surface area (Å²) in [5, 5.41) is 1.92.